The molecule has 0 aromatic rings. The van der Waals surface area contributed by atoms with Crippen LogP contribution < -0.4 is 5.73 Å². The third kappa shape index (κ3) is 3.26. The summed E-state index contributed by atoms with van der Waals surface area (Å²) in [4.78, 5) is 54.9. The van der Waals surface area contributed by atoms with Crippen LogP contribution in [0.15, 0.2) is 0 Å². The fraction of sp³-hybridized carbons (Fsp3) is 0.692. The average molecular weight is 344 g/mol. The molecule has 0 aliphatic carbocycles. The molecule has 0 aromatic heterocycles. The molecule has 2 aliphatic rings. The number of primary amides is 1. The summed E-state index contributed by atoms with van der Waals surface area (Å²) in [7, 11) is 0. The predicted octanol–water partition coefficient (Wildman–Crippen LogP) is -2.08. The van der Waals surface area contributed by atoms with Gasteiger partial charge in [-0.25, -0.2) is 4.79 Å². The smallest absolute Gasteiger partial charge is 0.433 e. The van der Waals surface area contributed by atoms with E-state index in [-0.39, 0.29) is 32.5 Å². The van der Waals surface area contributed by atoms with Gasteiger partial charge in [0.1, 0.15) is 6.04 Å². The predicted molar refractivity (Wildman–Crippen MR) is 76.9 cm³/mol. The third-order valence-corrected chi connectivity index (χ3v) is 4.04. The van der Waals surface area contributed by atoms with Gasteiger partial charge >= 0.3 is 6.09 Å². The number of aliphatic hydroxyl groups is 1. The number of aliphatic hydroxyl groups excluding tert-OH is 1. The van der Waals surface area contributed by atoms with E-state index < -0.39 is 42.1 Å². The van der Waals surface area contributed by atoms with Crippen LogP contribution in [0.25, 0.3) is 0 Å². The highest BCUT2D eigenvalue weighted by Gasteiger charge is 2.51. The fourth-order valence-corrected chi connectivity index (χ4v) is 2.90. The van der Waals surface area contributed by atoms with E-state index in [1.165, 1.54) is 11.8 Å². The summed E-state index contributed by atoms with van der Waals surface area (Å²) < 4.78 is 0. The lowest BCUT2D eigenvalue weighted by Crippen LogP contribution is -2.73. The second-order valence-corrected chi connectivity index (χ2v) is 5.62. The summed E-state index contributed by atoms with van der Waals surface area (Å²) in [6, 6.07) is -0.912. The lowest BCUT2D eigenvalue weighted by atomic mass is 10.1. The Morgan fingerprint density at radius 1 is 1.33 bits per heavy atom. The molecule has 4 N–H and O–H groups in total. The number of nitrogens with zero attached hydrogens (tertiary/aromatic N) is 3. The van der Waals surface area contributed by atoms with Crippen LogP contribution in [0, 0.1) is 0 Å². The summed E-state index contributed by atoms with van der Waals surface area (Å²) in [6.45, 7) is 1.12. The molecular formula is C13H20N4O7. The van der Waals surface area contributed by atoms with Crippen LogP contribution in [0.2, 0.25) is 0 Å². The number of carbonyl (C=O) groups is 4. The molecule has 3 unspecified atom stereocenters. The number of fused-ring (bicyclic) bond motifs is 1. The highest BCUT2D eigenvalue weighted by atomic mass is 16.7. The van der Waals surface area contributed by atoms with E-state index in [1.807, 2.05) is 0 Å². The van der Waals surface area contributed by atoms with Crippen molar-refractivity contribution in [2.24, 2.45) is 5.73 Å². The van der Waals surface area contributed by atoms with Gasteiger partial charge in [0.05, 0.1) is 13.2 Å². The molecule has 2 aliphatic heterocycles. The highest BCUT2D eigenvalue weighted by Crippen LogP contribution is 2.28. The molecule has 2 rings (SSSR count). The Bertz CT molecular complexity index is 554. The van der Waals surface area contributed by atoms with Crippen molar-refractivity contribution < 1.29 is 34.2 Å². The van der Waals surface area contributed by atoms with Crippen LogP contribution in [0.1, 0.15) is 19.8 Å². The zero-order chi connectivity index (χ0) is 18.0. The average Bonchev–Trinajstić information content (AvgIpc) is 2.51. The number of hydrogen-bond acceptors (Lipinski definition) is 6. The molecule has 0 radical (unpaired) electrons. The van der Waals surface area contributed by atoms with Gasteiger partial charge in [-0.15, -0.1) is 0 Å². The molecule has 0 saturated carbocycles. The van der Waals surface area contributed by atoms with E-state index in [9.17, 15) is 24.3 Å². The maximum atomic E-state index is 12.6. The molecule has 2 fully saturated rings. The molecule has 134 valence electrons. The van der Waals surface area contributed by atoms with Crippen molar-refractivity contribution in [2.45, 2.75) is 38.1 Å². The Kier molecular flexibility index (Phi) is 5.24. The van der Waals surface area contributed by atoms with Gasteiger partial charge in [0, 0.05) is 13.0 Å². The maximum absolute atomic E-state index is 12.6. The number of amides is 4. The Morgan fingerprint density at radius 3 is 2.54 bits per heavy atom. The molecule has 2 saturated heterocycles. The van der Waals surface area contributed by atoms with Crippen molar-refractivity contribution in [2.75, 3.05) is 19.7 Å². The maximum Gasteiger partial charge on any atom is 0.433 e. The first-order valence-corrected chi connectivity index (χ1v) is 7.47. The summed E-state index contributed by atoms with van der Waals surface area (Å²) in [5.41, 5.74) is 5.05. The third-order valence-electron chi connectivity index (χ3n) is 4.04. The molecule has 0 bridgehead atoms. The number of piperazine rings is 1. The molecule has 4 amide bonds. The zero-order valence-corrected chi connectivity index (χ0v) is 13.1. The van der Waals surface area contributed by atoms with Crippen LogP contribution in [0.4, 0.5) is 4.79 Å². The van der Waals surface area contributed by atoms with Crippen LogP contribution in [0.5, 0.6) is 0 Å². The number of carboxylic acid groups (broad SMARTS) is 1. The molecule has 2 heterocycles. The van der Waals surface area contributed by atoms with Gasteiger partial charge in [0.2, 0.25) is 11.8 Å². The number of rotatable bonds is 5. The van der Waals surface area contributed by atoms with E-state index in [0.29, 0.717) is 5.06 Å². The van der Waals surface area contributed by atoms with Gasteiger partial charge in [0.15, 0.2) is 12.3 Å². The SMILES string of the molecule is CC1C(=O)N(CCO)CC2N(C(=O)O)OC(CCC(N)=O)C(=O)N12. The van der Waals surface area contributed by atoms with Crippen LogP contribution in [-0.4, -0.2) is 86.9 Å². The van der Waals surface area contributed by atoms with Crippen molar-refractivity contribution in [1.29, 1.82) is 0 Å². The van der Waals surface area contributed by atoms with Crippen molar-refractivity contribution in [1.82, 2.24) is 14.9 Å². The van der Waals surface area contributed by atoms with Gasteiger partial charge < -0.3 is 25.7 Å². The summed E-state index contributed by atoms with van der Waals surface area (Å²) in [5, 5.41) is 19.0. The Balaban J connectivity index is 2.28. The minimum absolute atomic E-state index is 0.0280. The van der Waals surface area contributed by atoms with Crippen molar-refractivity contribution in [3.63, 3.8) is 0 Å². The fourth-order valence-electron chi connectivity index (χ4n) is 2.90. The number of carbonyl (C=O) groups excluding carboxylic acids is 3. The standard InChI is InChI=1S/C13H20N4O7/c1-7-11(20)15(4-5-18)6-10-16(7)12(21)8(2-3-9(14)19)24-17(10)13(22)23/h7-8,10,18H,2-6H2,1H3,(H2,14,19)(H,22,23). The van der Waals surface area contributed by atoms with Crippen LogP contribution >= 0.6 is 0 Å². The van der Waals surface area contributed by atoms with Crippen LogP contribution in [-0.2, 0) is 19.2 Å². The van der Waals surface area contributed by atoms with E-state index in [0.717, 1.165) is 4.90 Å². The van der Waals surface area contributed by atoms with Gasteiger partial charge in [-0.2, -0.15) is 5.06 Å². The number of nitrogens with two attached hydrogens (primary N) is 1. The first-order valence-electron chi connectivity index (χ1n) is 7.47. The number of hydroxylamine groups is 2. The molecule has 0 aromatic carbocycles. The minimum Gasteiger partial charge on any atom is -0.463 e. The highest BCUT2D eigenvalue weighted by molar-refractivity contribution is 5.91. The summed E-state index contributed by atoms with van der Waals surface area (Å²) in [5.74, 6) is -1.61. The minimum atomic E-state index is -1.42. The normalized spacial score (nSPS) is 27.2. The van der Waals surface area contributed by atoms with E-state index in [4.69, 9.17) is 15.7 Å². The summed E-state index contributed by atoms with van der Waals surface area (Å²) in [6.07, 6.45) is -3.88. The number of hydrogen-bond donors (Lipinski definition) is 3. The van der Waals surface area contributed by atoms with E-state index in [1.54, 1.807) is 0 Å². The summed E-state index contributed by atoms with van der Waals surface area (Å²) >= 11 is 0. The van der Waals surface area contributed by atoms with Gasteiger partial charge in [0.25, 0.3) is 5.91 Å². The number of β-amino-alcohol motifs (C(OH)–C–C–N with tert-alkyl or cyclic N) is 1. The Hall–Kier alpha value is -2.40. The van der Waals surface area contributed by atoms with E-state index >= 15 is 0 Å². The van der Waals surface area contributed by atoms with Crippen molar-refractivity contribution in [3.8, 4) is 0 Å². The van der Waals surface area contributed by atoms with Crippen molar-refractivity contribution in [3.05, 3.63) is 0 Å². The van der Waals surface area contributed by atoms with Crippen molar-refractivity contribution >= 4 is 23.8 Å². The largest absolute Gasteiger partial charge is 0.463 e. The monoisotopic (exact) mass is 344 g/mol. The topological polar surface area (TPSA) is 154 Å². The molecule has 0 spiro atoms. The van der Waals surface area contributed by atoms with Gasteiger partial charge in [-0.05, 0) is 13.3 Å². The molecule has 11 nitrogen and oxygen atoms in total. The molecule has 24 heavy (non-hydrogen) atoms. The molecule has 11 heteroatoms. The zero-order valence-electron chi connectivity index (χ0n) is 13.1. The lowest BCUT2D eigenvalue weighted by molar-refractivity contribution is -0.265. The van der Waals surface area contributed by atoms with Crippen LogP contribution in [0.3, 0.4) is 0 Å². The first-order chi connectivity index (χ1) is 11.3. The second kappa shape index (κ2) is 7.01. The van der Waals surface area contributed by atoms with E-state index in [2.05, 4.69) is 0 Å². The molecule has 3 atom stereocenters. The quantitative estimate of drug-likeness (QED) is 0.517. The Labute approximate surface area is 137 Å². The lowest BCUT2D eigenvalue weighted by Gasteiger charge is -2.51. The van der Waals surface area contributed by atoms with Gasteiger partial charge in [-0.3, -0.25) is 19.2 Å². The Morgan fingerprint density at radius 2 is 2.00 bits per heavy atom. The first kappa shape index (κ1) is 17.9. The molecular weight excluding hydrogens is 324 g/mol. The second-order valence-electron chi connectivity index (χ2n) is 5.62. The van der Waals surface area contributed by atoms with Gasteiger partial charge in [-0.1, -0.05) is 0 Å².